The van der Waals surface area contributed by atoms with Gasteiger partial charge in [0.25, 0.3) is 5.91 Å². The normalized spacial score (nSPS) is 14.2. The molecule has 1 aliphatic rings. The smallest absolute Gasteiger partial charge is 0.260 e. The molecule has 0 aliphatic carbocycles. The first kappa shape index (κ1) is 28.5. The van der Waals surface area contributed by atoms with Crippen LogP contribution in [0.5, 0.6) is 5.75 Å². The summed E-state index contributed by atoms with van der Waals surface area (Å²) >= 11 is 0. The molecule has 1 fully saturated rings. The van der Waals surface area contributed by atoms with Crippen LogP contribution in [-0.4, -0.2) is 63.5 Å². The minimum Gasteiger partial charge on any atom is -0.484 e. The van der Waals surface area contributed by atoms with E-state index in [1.165, 1.54) is 23.3 Å². The predicted molar refractivity (Wildman–Crippen MR) is 160 cm³/mol. The van der Waals surface area contributed by atoms with Gasteiger partial charge >= 0.3 is 0 Å². The Kier molecular flexibility index (Phi) is 9.46. The lowest BCUT2D eigenvalue weighted by Crippen LogP contribution is -2.51. The molecule has 8 heteroatoms. The van der Waals surface area contributed by atoms with E-state index in [0.29, 0.717) is 31.8 Å². The van der Waals surface area contributed by atoms with Crippen LogP contribution in [0.4, 0.5) is 0 Å². The minimum atomic E-state index is -3.63. The summed E-state index contributed by atoms with van der Waals surface area (Å²) in [6.07, 6.45) is 0.608. The van der Waals surface area contributed by atoms with E-state index < -0.39 is 10.0 Å². The molecule has 4 aromatic rings. The van der Waals surface area contributed by atoms with Gasteiger partial charge in [0.05, 0.1) is 10.9 Å². The zero-order valence-corrected chi connectivity index (χ0v) is 23.7. The third-order valence-electron chi connectivity index (χ3n) is 7.31. The number of carbonyl (C=O) groups excluding carboxylic acids is 1. The molecule has 0 bridgehead atoms. The summed E-state index contributed by atoms with van der Waals surface area (Å²) in [5.74, 6) is 0.369. The molecular weight excluding hydrogens is 534 g/mol. The highest BCUT2D eigenvalue weighted by atomic mass is 32.2. The largest absolute Gasteiger partial charge is 0.484 e. The molecule has 1 aliphatic heterocycles. The van der Waals surface area contributed by atoms with E-state index in [1.807, 2.05) is 47.4 Å². The maximum atomic E-state index is 12.9. The van der Waals surface area contributed by atoms with Gasteiger partial charge in [0.1, 0.15) is 5.75 Å². The molecule has 7 nitrogen and oxygen atoms in total. The maximum absolute atomic E-state index is 12.9. The Morgan fingerprint density at radius 3 is 1.83 bits per heavy atom. The van der Waals surface area contributed by atoms with Crippen LogP contribution in [0.3, 0.4) is 0 Å². The van der Waals surface area contributed by atoms with E-state index in [4.69, 9.17) is 4.74 Å². The van der Waals surface area contributed by atoms with Gasteiger partial charge < -0.3 is 9.64 Å². The highest BCUT2D eigenvalue weighted by molar-refractivity contribution is 7.89. The summed E-state index contributed by atoms with van der Waals surface area (Å²) in [5, 5.41) is 0. The van der Waals surface area contributed by atoms with Crippen molar-refractivity contribution in [2.75, 3.05) is 39.3 Å². The van der Waals surface area contributed by atoms with Crippen molar-refractivity contribution < 1.29 is 17.9 Å². The van der Waals surface area contributed by atoms with Crippen molar-refractivity contribution in [2.45, 2.75) is 17.4 Å². The van der Waals surface area contributed by atoms with Crippen LogP contribution >= 0.6 is 0 Å². The number of ether oxygens (including phenoxy) is 1. The van der Waals surface area contributed by atoms with Gasteiger partial charge in [-0.3, -0.25) is 9.69 Å². The third kappa shape index (κ3) is 7.61. The summed E-state index contributed by atoms with van der Waals surface area (Å²) in [6, 6.07) is 36.9. The van der Waals surface area contributed by atoms with Crippen LogP contribution in [0.15, 0.2) is 120 Å². The van der Waals surface area contributed by atoms with Gasteiger partial charge in [0, 0.05) is 32.7 Å². The average Bonchev–Trinajstić information content (AvgIpc) is 3.02. The fourth-order valence-electron chi connectivity index (χ4n) is 5.12. The summed E-state index contributed by atoms with van der Waals surface area (Å²) in [5.41, 5.74) is 3.54. The second-order valence-electron chi connectivity index (χ2n) is 10.0. The molecule has 0 unspecified atom stereocenters. The highest BCUT2D eigenvalue weighted by Crippen LogP contribution is 2.29. The van der Waals surface area contributed by atoms with Crippen LogP contribution in [0.1, 0.15) is 22.7 Å². The molecule has 1 heterocycles. The molecule has 5 rings (SSSR count). The summed E-state index contributed by atoms with van der Waals surface area (Å²) in [6.45, 7) is 2.95. The molecule has 1 N–H and O–H groups in total. The number of carbonyl (C=O) groups is 1. The van der Waals surface area contributed by atoms with Crippen LogP contribution < -0.4 is 9.46 Å². The maximum Gasteiger partial charge on any atom is 0.260 e. The molecule has 1 saturated heterocycles. The topological polar surface area (TPSA) is 78.9 Å². The van der Waals surface area contributed by atoms with Gasteiger partial charge in [-0.25, -0.2) is 13.1 Å². The van der Waals surface area contributed by atoms with Crippen molar-refractivity contribution in [1.29, 1.82) is 0 Å². The van der Waals surface area contributed by atoms with Crippen molar-refractivity contribution >= 4 is 15.9 Å². The Labute approximate surface area is 242 Å². The van der Waals surface area contributed by atoms with Gasteiger partial charge in [0.2, 0.25) is 10.0 Å². The number of nitrogens with zero attached hydrogens (tertiary/aromatic N) is 2. The molecule has 41 heavy (non-hydrogen) atoms. The molecule has 0 spiro atoms. The molecule has 0 atom stereocenters. The van der Waals surface area contributed by atoms with Gasteiger partial charge in [0.15, 0.2) is 6.61 Å². The fourth-order valence-corrected chi connectivity index (χ4v) is 6.16. The number of hydrogen-bond acceptors (Lipinski definition) is 5. The third-order valence-corrected chi connectivity index (χ3v) is 8.78. The zero-order valence-electron chi connectivity index (χ0n) is 22.9. The van der Waals surface area contributed by atoms with E-state index in [9.17, 15) is 13.2 Å². The second kappa shape index (κ2) is 13.6. The number of sulfonamides is 1. The number of nitrogens with one attached hydrogen (secondary N) is 1. The van der Waals surface area contributed by atoms with Crippen LogP contribution in [0.2, 0.25) is 0 Å². The van der Waals surface area contributed by atoms with Gasteiger partial charge in [-0.05, 0) is 47.4 Å². The van der Waals surface area contributed by atoms with Crippen molar-refractivity contribution in [3.05, 3.63) is 132 Å². The highest BCUT2D eigenvalue weighted by Gasteiger charge is 2.28. The van der Waals surface area contributed by atoms with Gasteiger partial charge in [-0.2, -0.15) is 0 Å². The van der Waals surface area contributed by atoms with Gasteiger partial charge in [-0.1, -0.05) is 91.0 Å². The lowest BCUT2D eigenvalue weighted by atomic mass is 9.96. The van der Waals surface area contributed by atoms with Crippen molar-refractivity contribution in [3.63, 3.8) is 0 Å². The lowest BCUT2D eigenvalue weighted by molar-refractivity contribution is -0.135. The van der Waals surface area contributed by atoms with E-state index in [0.717, 1.165) is 18.7 Å². The Bertz CT molecular complexity index is 1450. The van der Waals surface area contributed by atoms with E-state index in [-0.39, 0.29) is 23.5 Å². The Morgan fingerprint density at radius 1 is 0.732 bits per heavy atom. The van der Waals surface area contributed by atoms with E-state index >= 15 is 0 Å². The van der Waals surface area contributed by atoms with Crippen LogP contribution in [-0.2, 0) is 21.2 Å². The Hall–Kier alpha value is -3.98. The Balaban J connectivity index is 1.11. The molecule has 0 radical (unpaired) electrons. The first-order valence-corrected chi connectivity index (χ1v) is 15.4. The van der Waals surface area contributed by atoms with Crippen molar-refractivity contribution in [3.8, 4) is 5.75 Å². The first-order chi connectivity index (χ1) is 20.0. The van der Waals surface area contributed by atoms with Gasteiger partial charge in [-0.15, -0.1) is 0 Å². The average molecular weight is 570 g/mol. The fraction of sp³-hybridized carbons (Fsp3) is 0.242. The number of benzene rings is 4. The van der Waals surface area contributed by atoms with Crippen molar-refractivity contribution in [1.82, 2.24) is 14.5 Å². The summed E-state index contributed by atoms with van der Waals surface area (Å²) < 4.78 is 33.6. The molecule has 212 valence electrons. The molecule has 4 aromatic carbocycles. The van der Waals surface area contributed by atoms with E-state index in [2.05, 4.69) is 58.2 Å². The SMILES string of the molecule is O=C(COc1ccc(S(=O)(=O)NCCc2ccccc2)cc1)N1CCN(C(c2ccccc2)c2ccccc2)CC1. The predicted octanol–water partition coefficient (Wildman–Crippen LogP) is 4.52. The quantitative estimate of drug-likeness (QED) is 0.287. The molecular formula is C33H35N3O4S. The molecule has 1 amide bonds. The summed E-state index contributed by atoms with van der Waals surface area (Å²) in [4.78, 5) is 17.3. The van der Waals surface area contributed by atoms with E-state index in [1.54, 1.807) is 12.1 Å². The van der Waals surface area contributed by atoms with Crippen LogP contribution in [0, 0.1) is 0 Å². The van der Waals surface area contributed by atoms with Crippen molar-refractivity contribution in [2.24, 2.45) is 0 Å². The zero-order chi connectivity index (χ0) is 28.5. The lowest BCUT2D eigenvalue weighted by Gasteiger charge is -2.39. The summed E-state index contributed by atoms with van der Waals surface area (Å²) in [7, 11) is -3.63. The molecule has 0 aromatic heterocycles. The van der Waals surface area contributed by atoms with Crippen LogP contribution in [0.25, 0.3) is 0 Å². The second-order valence-corrected chi connectivity index (χ2v) is 11.8. The molecule has 0 saturated carbocycles. The minimum absolute atomic E-state index is 0.0834. The monoisotopic (exact) mass is 569 g/mol. The number of amides is 1. The number of piperazine rings is 1. The number of hydrogen-bond donors (Lipinski definition) is 1. The Morgan fingerprint density at radius 2 is 1.27 bits per heavy atom. The number of rotatable bonds is 11. The standard InChI is InChI=1S/C33H35N3O4S/c37-32(26-40-30-16-18-31(19-17-30)41(38,39)34-21-20-27-10-4-1-5-11-27)35-22-24-36(25-23-35)33(28-12-6-2-7-13-28)29-14-8-3-9-15-29/h1-19,33-34H,20-26H2. The first-order valence-electron chi connectivity index (χ1n) is 13.9.